The Bertz CT molecular complexity index is 664. The summed E-state index contributed by atoms with van der Waals surface area (Å²) in [6.45, 7) is 3.69. The van der Waals surface area contributed by atoms with Gasteiger partial charge in [-0.3, -0.25) is 4.79 Å². The minimum Gasteiger partial charge on any atom is -0.489 e. The van der Waals surface area contributed by atoms with Crippen LogP contribution in [0.3, 0.4) is 0 Å². The summed E-state index contributed by atoms with van der Waals surface area (Å²) >= 11 is 0. The van der Waals surface area contributed by atoms with Crippen molar-refractivity contribution in [2.24, 2.45) is 5.92 Å². The monoisotopic (exact) mass is 311 g/mol. The third-order valence-corrected chi connectivity index (χ3v) is 4.00. The zero-order valence-electron chi connectivity index (χ0n) is 13.2. The molecule has 0 bridgehead atoms. The van der Waals surface area contributed by atoms with Crippen molar-refractivity contribution in [2.75, 3.05) is 18.5 Å². The minimum atomic E-state index is -0.0385. The van der Waals surface area contributed by atoms with Crippen LogP contribution in [0.15, 0.2) is 48.5 Å². The van der Waals surface area contributed by atoms with Gasteiger partial charge in [-0.1, -0.05) is 30.3 Å². The lowest BCUT2D eigenvalue weighted by atomic mass is 10.1. The molecule has 0 saturated carbocycles. The molecule has 2 aromatic carbocycles. The Morgan fingerprint density at radius 3 is 2.78 bits per heavy atom. The average molecular weight is 311 g/mol. The quantitative estimate of drug-likeness (QED) is 0.918. The van der Waals surface area contributed by atoms with E-state index in [0.29, 0.717) is 19.8 Å². The van der Waals surface area contributed by atoms with Crippen molar-refractivity contribution < 1.29 is 14.3 Å². The van der Waals surface area contributed by atoms with E-state index in [9.17, 15) is 4.79 Å². The first-order valence-corrected chi connectivity index (χ1v) is 7.88. The third-order valence-electron chi connectivity index (χ3n) is 4.00. The van der Waals surface area contributed by atoms with Gasteiger partial charge in [0.15, 0.2) is 0 Å². The zero-order valence-corrected chi connectivity index (χ0v) is 13.2. The Balaban J connectivity index is 1.60. The Labute approximate surface area is 136 Å². The van der Waals surface area contributed by atoms with Crippen molar-refractivity contribution in [2.45, 2.75) is 20.0 Å². The lowest BCUT2D eigenvalue weighted by Gasteiger charge is -2.13. The van der Waals surface area contributed by atoms with Gasteiger partial charge in [-0.2, -0.15) is 0 Å². The van der Waals surface area contributed by atoms with Gasteiger partial charge in [-0.15, -0.1) is 0 Å². The zero-order chi connectivity index (χ0) is 16.1. The van der Waals surface area contributed by atoms with Gasteiger partial charge in [0.2, 0.25) is 5.91 Å². The number of amides is 1. The van der Waals surface area contributed by atoms with Gasteiger partial charge in [-0.25, -0.2) is 0 Å². The van der Waals surface area contributed by atoms with Crippen molar-refractivity contribution in [1.82, 2.24) is 0 Å². The molecule has 1 atom stereocenters. The number of carbonyl (C=O) groups excluding carboxylic acids is 1. The molecule has 0 spiro atoms. The lowest BCUT2D eigenvalue weighted by molar-refractivity contribution is -0.119. The maximum atomic E-state index is 12.1. The number of hydrogen-bond acceptors (Lipinski definition) is 3. The SMILES string of the molecule is Cc1cc(OCc2ccccc2)ccc1NC(=O)[C@H]1CCOC1. The molecule has 0 unspecified atom stereocenters. The topological polar surface area (TPSA) is 47.6 Å². The molecule has 1 saturated heterocycles. The molecule has 4 heteroatoms. The van der Waals surface area contributed by atoms with Crippen LogP contribution in [0.2, 0.25) is 0 Å². The van der Waals surface area contributed by atoms with Crippen molar-refractivity contribution >= 4 is 11.6 Å². The highest BCUT2D eigenvalue weighted by Gasteiger charge is 2.23. The van der Waals surface area contributed by atoms with Crippen LogP contribution in [-0.2, 0) is 16.1 Å². The standard InChI is InChI=1S/C19H21NO3/c1-14-11-17(23-12-15-5-3-2-4-6-15)7-8-18(14)20-19(21)16-9-10-22-13-16/h2-8,11,16H,9-10,12-13H2,1H3,(H,20,21)/t16-/m0/s1. The van der Waals surface area contributed by atoms with Crippen LogP contribution in [0.25, 0.3) is 0 Å². The summed E-state index contributed by atoms with van der Waals surface area (Å²) in [7, 11) is 0. The van der Waals surface area contributed by atoms with Gasteiger partial charge in [0.1, 0.15) is 12.4 Å². The highest BCUT2D eigenvalue weighted by molar-refractivity contribution is 5.93. The second-order valence-electron chi connectivity index (χ2n) is 5.80. The number of rotatable bonds is 5. The van der Waals surface area contributed by atoms with Crippen molar-refractivity contribution in [3.05, 3.63) is 59.7 Å². The van der Waals surface area contributed by atoms with E-state index in [1.54, 1.807) is 0 Å². The van der Waals surface area contributed by atoms with Crippen molar-refractivity contribution in [3.63, 3.8) is 0 Å². The van der Waals surface area contributed by atoms with Gasteiger partial charge in [0.25, 0.3) is 0 Å². The Kier molecular flexibility index (Phi) is 4.93. The molecule has 1 fully saturated rings. The second kappa shape index (κ2) is 7.29. The van der Waals surface area contributed by atoms with Gasteiger partial charge in [-0.05, 0) is 42.7 Å². The summed E-state index contributed by atoms with van der Waals surface area (Å²) in [5.74, 6) is 0.792. The molecule has 1 amide bonds. The summed E-state index contributed by atoms with van der Waals surface area (Å²) in [4.78, 5) is 12.1. The van der Waals surface area contributed by atoms with E-state index in [-0.39, 0.29) is 11.8 Å². The van der Waals surface area contributed by atoms with Crippen LogP contribution < -0.4 is 10.1 Å². The van der Waals surface area contributed by atoms with E-state index < -0.39 is 0 Å². The number of aryl methyl sites for hydroxylation is 1. The number of ether oxygens (including phenoxy) is 2. The summed E-state index contributed by atoms with van der Waals surface area (Å²) < 4.78 is 11.1. The molecule has 0 aromatic heterocycles. The Morgan fingerprint density at radius 1 is 1.26 bits per heavy atom. The predicted octanol–water partition coefficient (Wildman–Crippen LogP) is 3.55. The molecule has 120 valence electrons. The molecule has 23 heavy (non-hydrogen) atoms. The first kappa shape index (κ1) is 15.6. The summed E-state index contributed by atoms with van der Waals surface area (Å²) in [6.07, 6.45) is 0.795. The van der Waals surface area contributed by atoms with Crippen LogP contribution >= 0.6 is 0 Å². The third kappa shape index (κ3) is 4.11. The maximum absolute atomic E-state index is 12.1. The van der Waals surface area contributed by atoms with Crippen LogP contribution in [-0.4, -0.2) is 19.1 Å². The molecule has 0 radical (unpaired) electrons. The molecule has 1 heterocycles. The van der Waals surface area contributed by atoms with Crippen molar-refractivity contribution in [3.8, 4) is 5.75 Å². The summed E-state index contributed by atoms with van der Waals surface area (Å²) in [5, 5.41) is 2.98. The van der Waals surface area contributed by atoms with E-state index >= 15 is 0 Å². The summed E-state index contributed by atoms with van der Waals surface area (Å²) in [5.41, 5.74) is 2.94. The molecular weight excluding hydrogens is 290 g/mol. The molecular formula is C19H21NO3. The number of carbonyl (C=O) groups is 1. The average Bonchev–Trinajstić information content (AvgIpc) is 3.11. The maximum Gasteiger partial charge on any atom is 0.229 e. The van der Waals surface area contributed by atoms with E-state index in [1.165, 1.54) is 0 Å². The van der Waals surface area contributed by atoms with E-state index in [2.05, 4.69) is 5.32 Å². The summed E-state index contributed by atoms with van der Waals surface area (Å²) in [6, 6.07) is 15.8. The molecule has 1 aliphatic rings. The lowest BCUT2D eigenvalue weighted by Crippen LogP contribution is -2.23. The minimum absolute atomic E-state index is 0.0311. The molecule has 1 aliphatic heterocycles. The molecule has 1 N–H and O–H groups in total. The fourth-order valence-electron chi connectivity index (χ4n) is 2.58. The first-order valence-electron chi connectivity index (χ1n) is 7.88. The first-order chi connectivity index (χ1) is 11.2. The molecule has 4 nitrogen and oxygen atoms in total. The fraction of sp³-hybridized carbons (Fsp3) is 0.316. The number of benzene rings is 2. The molecule has 2 aromatic rings. The Hall–Kier alpha value is -2.33. The Morgan fingerprint density at radius 2 is 2.09 bits per heavy atom. The van der Waals surface area contributed by atoms with E-state index in [0.717, 1.165) is 29.0 Å². The van der Waals surface area contributed by atoms with Crippen LogP contribution in [0.1, 0.15) is 17.5 Å². The van der Waals surface area contributed by atoms with Crippen LogP contribution in [0.5, 0.6) is 5.75 Å². The van der Waals surface area contributed by atoms with Gasteiger partial charge >= 0.3 is 0 Å². The van der Waals surface area contributed by atoms with Crippen LogP contribution in [0, 0.1) is 12.8 Å². The van der Waals surface area contributed by atoms with Crippen molar-refractivity contribution in [1.29, 1.82) is 0 Å². The van der Waals surface area contributed by atoms with E-state index in [1.807, 2.05) is 55.5 Å². The van der Waals surface area contributed by atoms with E-state index in [4.69, 9.17) is 9.47 Å². The molecule has 0 aliphatic carbocycles. The van der Waals surface area contributed by atoms with Crippen LogP contribution in [0.4, 0.5) is 5.69 Å². The number of anilines is 1. The highest BCUT2D eigenvalue weighted by Crippen LogP contribution is 2.23. The largest absolute Gasteiger partial charge is 0.489 e. The smallest absolute Gasteiger partial charge is 0.229 e. The second-order valence-corrected chi connectivity index (χ2v) is 5.80. The highest BCUT2D eigenvalue weighted by atomic mass is 16.5. The number of hydrogen-bond donors (Lipinski definition) is 1. The van der Waals surface area contributed by atoms with Gasteiger partial charge < -0.3 is 14.8 Å². The molecule has 3 rings (SSSR count). The fourth-order valence-corrected chi connectivity index (χ4v) is 2.58. The van der Waals surface area contributed by atoms with Gasteiger partial charge in [0.05, 0.1) is 12.5 Å². The normalized spacial score (nSPS) is 17.0. The number of nitrogens with one attached hydrogen (secondary N) is 1. The van der Waals surface area contributed by atoms with Gasteiger partial charge in [0, 0.05) is 12.3 Å². The predicted molar refractivity (Wildman–Crippen MR) is 89.5 cm³/mol.